The molecule has 2 aliphatic rings. The Kier molecular flexibility index (Phi) is 6.05. The molecule has 12 nitrogen and oxygen atoms in total. The summed E-state index contributed by atoms with van der Waals surface area (Å²) in [6, 6.07) is 12.9. The summed E-state index contributed by atoms with van der Waals surface area (Å²) in [6.07, 6.45) is -0.871. The van der Waals surface area contributed by atoms with Crippen LogP contribution in [0.4, 0.5) is 5.69 Å². The Labute approximate surface area is 200 Å². The average molecular weight is 480 g/mol. The molecule has 0 saturated carbocycles. The van der Waals surface area contributed by atoms with Crippen molar-refractivity contribution in [2.45, 2.75) is 24.3 Å². The molecular weight excluding hydrogens is 456 g/mol. The quantitative estimate of drug-likeness (QED) is 0.509. The number of anilines is 1. The second-order valence-electron chi connectivity index (χ2n) is 8.49. The summed E-state index contributed by atoms with van der Waals surface area (Å²) in [6.45, 7) is 0.461. The van der Waals surface area contributed by atoms with Gasteiger partial charge in [0.15, 0.2) is 0 Å². The highest BCUT2D eigenvalue weighted by atomic mass is 16.6. The smallest absolute Gasteiger partial charge is 0.341 e. The first-order valence-electron chi connectivity index (χ1n) is 11.0. The van der Waals surface area contributed by atoms with E-state index in [1.165, 1.54) is 16.8 Å². The van der Waals surface area contributed by atoms with Crippen LogP contribution in [0, 0.1) is 0 Å². The van der Waals surface area contributed by atoms with E-state index in [9.17, 15) is 14.7 Å². The van der Waals surface area contributed by atoms with Crippen LogP contribution < -0.4 is 15.0 Å². The molecule has 0 spiro atoms. The van der Waals surface area contributed by atoms with Crippen molar-refractivity contribution in [1.29, 1.82) is 0 Å². The molecule has 2 saturated heterocycles. The van der Waals surface area contributed by atoms with Gasteiger partial charge in [-0.2, -0.15) is 4.68 Å². The third-order valence-electron chi connectivity index (χ3n) is 6.07. The SMILES string of the molecule is CN(C)c1cccc(Oc2nnnn2C2COC3C(NC(=O)c4ccccc4C(=O)O)COC32)c1. The first kappa shape index (κ1) is 22.7. The van der Waals surface area contributed by atoms with Crippen LogP contribution in [-0.2, 0) is 9.47 Å². The van der Waals surface area contributed by atoms with Gasteiger partial charge in [0.2, 0.25) is 0 Å². The number of carboxylic acids is 1. The van der Waals surface area contributed by atoms with Crippen LogP contribution >= 0.6 is 0 Å². The zero-order chi connectivity index (χ0) is 24.5. The van der Waals surface area contributed by atoms with Gasteiger partial charge in [-0.15, -0.1) is 0 Å². The normalized spacial score (nSPS) is 23.0. The van der Waals surface area contributed by atoms with Crippen molar-refractivity contribution in [3.63, 3.8) is 0 Å². The summed E-state index contributed by atoms with van der Waals surface area (Å²) in [5.41, 5.74) is 0.974. The molecule has 2 aromatic carbocycles. The largest absolute Gasteiger partial charge is 0.478 e. The van der Waals surface area contributed by atoms with E-state index >= 15 is 0 Å². The van der Waals surface area contributed by atoms with Crippen LogP contribution in [0.25, 0.3) is 0 Å². The summed E-state index contributed by atoms with van der Waals surface area (Å²) >= 11 is 0. The lowest BCUT2D eigenvalue weighted by Gasteiger charge is -2.18. The van der Waals surface area contributed by atoms with Crippen LogP contribution in [0.5, 0.6) is 11.8 Å². The van der Waals surface area contributed by atoms with Crippen molar-refractivity contribution in [3.8, 4) is 11.8 Å². The maximum Gasteiger partial charge on any atom is 0.341 e. The summed E-state index contributed by atoms with van der Waals surface area (Å²) in [4.78, 5) is 26.2. The number of carbonyl (C=O) groups excluding carboxylic acids is 1. The third kappa shape index (κ3) is 4.40. The number of aromatic carboxylic acids is 1. The molecule has 35 heavy (non-hydrogen) atoms. The van der Waals surface area contributed by atoms with Gasteiger partial charge >= 0.3 is 12.0 Å². The van der Waals surface area contributed by atoms with Crippen molar-refractivity contribution >= 4 is 17.6 Å². The number of carbonyl (C=O) groups is 2. The minimum absolute atomic E-state index is 0.0699. The molecule has 2 aliphatic heterocycles. The van der Waals surface area contributed by atoms with Gasteiger partial charge in [0, 0.05) is 25.8 Å². The van der Waals surface area contributed by atoms with E-state index in [0.717, 1.165) is 5.69 Å². The molecule has 2 N–H and O–H groups in total. The number of fused-ring (bicyclic) bond motifs is 1. The second kappa shape index (κ2) is 9.31. The van der Waals surface area contributed by atoms with E-state index in [-0.39, 0.29) is 36.4 Å². The second-order valence-corrected chi connectivity index (χ2v) is 8.49. The maximum atomic E-state index is 12.8. The summed E-state index contributed by atoms with van der Waals surface area (Å²) in [5, 5.41) is 24.1. The Bertz CT molecular complexity index is 1250. The minimum atomic E-state index is -1.17. The van der Waals surface area contributed by atoms with Crippen molar-refractivity contribution in [2.24, 2.45) is 0 Å². The lowest BCUT2D eigenvalue weighted by atomic mass is 10.0. The molecule has 4 atom stereocenters. The lowest BCUT2D eigenvalue weighted by Crippen LogP contribution is -2.44. The van der Waals surface area contributed by atoms with E-state index in [1.54, 1.807) is 12.1 Å². The topological polar surface area (TPSA) is 141 Å². The third-order valence-corrected chi connectivity index (χ3v) is 6.07. The predicted octanol–water partition coefficient (Wildman–Crippen LogP) is 1.37. The fourth-order valence-corrected chi connectivity index (χ4v) is 4.32. The predicted molar refractivity (Wildman–Crippen MR) is 122 cm³/mol. The van der Waals surface area contributed by atoms with Gasteiger partial charge in [-0.05, 0) is 34.7 Å². The summed E-state index contributed by atoms with van der Waals surface area (Å²) in [7, 11) is 3.87. The fraction of sp³-hybridized carbons (Fsp3) is 0.348. The molecule has 5 rings (SSSR count). The first-order valence-corrected chi connectivity index (χ1v) is 11.0. The van der Waals surface area contributed by atoms with E-state index in [2.05, 4.69) is 20.8 Å². The fourth-order valence-electron chi connectivity index (χ4n) is 4.32. The van der Waals surface area contributed by atoms with Gasteiger partial charge in [-0.1, -0.05) is 23.3 Å². The molecule has 12 heteroatoms. The van der Waals surface area contributed by atoms with Crippen LogP contribution in [0.15, 0.2) is 48.5 Å². The van der Waals surface area contributed by atoms with Crippen LogP contribution in [-0.4, -0.2) is 82.7 Å². The van der Waals surface area contributed by atoms with Crippen molar-refractivity contribution < 1.29 is 28.9 Å². The average Bonchev–Trinajstić information content (AvgIpc) is 3.57. The van der Waals surface area contributed by atoms with Crippen molar-refractivity contribution in [3.05, 3.63) is 59.7 Å². The summed E-state index contributed by atoms with van der Waals surface area (Å²) < 4.78 is 19.4. The number of ether oxygens (including phenoxy) is 3. The van der Waals surface area contributed by atoms with Crippen molar-refractivity contribution in [2.75, 3.05) is 32.2 Å². The van der Waals surface area contributed by atoms with E-state index in [1.807, 2.05) is 43.3 Å². The number of rotatable bonds is 7. The number of hydrogen-bond donors (Lipinski definition) is 2. The van der Waals surface area contributed by atoms with Crippen LogP contribution in [0.3, 0.4) is 0 Å². The van der Waals surface area contributed by atoms with Gasteiger partial charge in [0.25, 0.3) is 5.91 Å². The lowest BCUT2D eigenvalue weighted by molar-refractivity contribution is 0.0606. The van der Waals surface area contributed by atoms with E-state index in [4.69, 9.17) is 14.2 Å². The van der Waals surface area contributed by atoms with Crippen LogP contribution in [0.2, 0.25) is 0 Å². The number of aromatic nitrogens is 4. The monoisotopic (exact) mass is 480 g/mol. The number of benzene rings is 2. The number of nitrogens with one attached hydrogen (secondary N) is 1. The highest BCUT2D eigenvalue weighted by Crippen LogP contribution is 2.36. The molecule has 0 aliphatic carbocycles. The molecule has 1 aromatic heterocycles. The molecule has 4 unspecified atom stereocenters. The Morgan fingerprint density at radius 2 is 1.86 bits per heavy atom. The molecule has 182 valence electrons. The zero-order valence-corrected chi connectivity index (χ0v) is 19.1. The maximum absolute atomic E-state index is 12.8. The van der Waals surface area contributed by atoms with Gasteiger partial charge in [0.05, 0.1) is 30.4 Å². The summed E-state index contributed by atoms with van der Waals surface area (Å²) in [5.74, 6) is -1.09. The zero-order valence-electron chi connectivity index (χ0n) is 19.1. The minimum Gasteiger partial charge on any atom is -0.478 e. The molecular formula is C23H24N6O6. The number of carboxylic acid groups (broad SMARTS) is 1. The first-order chi connectivity index (χ1) is 16.9. The Morgan fingerprint density at radius 1 is 1.09 bits per heavy atom. The van der Waals surface area contributed by atoms with Gasteiger partial charge in [0.1, 0.15) is 24.0 Å². The van der Waals surface area contributed by atoms with E-state index < -0.39 is 30.1 Å². The number of tetrazole rings is 1. The molecule has 3 heterocycles. The molecule has 0 radical (unpaired) electrons. The Hall–Kier alpha value is -4.03. The number of amides is 1. The standard InChI is InChI=1S/C23H24N6O6/c1-28(2)13-6-5-7-14(10-13)35-23-25-26-27-29(23)18-12-34-19-17(11-33-20(18)19)24-21(30)15-8-3-4-9-16(15)22(31)32/h3-10,17-20H,11-12H2,1-2H3,(H,24,30)(H,31,32). The molecule has 3 aromatic rings. The van der Waals surface area contributed by atoms with Crippen molar-refractivity contribution in [1.82, 2.24) is 25.5 Å². The number of nitrogens with zero attached hydrogens (tertiary/aromatic N) is 5. The van der Waals surface area contributed by atoms with Gasteiger partial charge in [-0.3, -0.25) is 4.79 Å². The van der Waals surface area contributed by atoms with Gasteiger partial charge < -0.3 is 29.5 Å². The Morgan fingerprint density at radius 3 is 2.63 bits per heavy atom. The Balaban J connectivity index is 1.29. The van der Waals surface area contributed by atoms with Crippen LogP contribution in [0.1, 0.15) is 26.8 Å². The number of hydrogen-bond acceptors (Lipinski definition) is 9. The molecule has 0 bridgehead atoms. The highest BCUT2D eigenvalue weighted by molar-refractivity contribution is 6.04. The molecule has 1 amide bonds. The van der Waals surface area contributed by atoms with E-state index in [0.29, 0.717) is 5.75 Å². The van der Waals surface area contributed by atoms with Gasteiger partial charge in [-0.25, -0.2) is 4.79 Å². The molecule has 2 fully saturated rings. The highest BCUT2D eigenvalue weighted by Gasteiger charge is 2.50.